The number of fused-ring (bicyclic) bond motifs is 2. The number of aromatic amines is 1. The van der Waals surface area contributed by atoms with E-state index in [9.17, 15) is 0 Å². The number of piperidine rings is 1. The van der Waals surface area contributed by atoms with Gasteiger partial charge in [-0.05, 0) is 43.0 Å². The number of nitriles is 1. The number of hydrogen-bond acceptors (Lipinski definition) is 2. The van der Waals surface area contributed by atoms with E-state index in [0.29, 0.717) is 24.3 Å². The van der Waals surface area contributed by atoms with Gasteiger partial charge in [0.25, 0.3) is 0 Å². The molecule has 3 atom stereocenters. The molecule has 1 aromatic heterocycles. The molecule has 0 saturated carbocycles. The Balaban J connectivity index is 1.81. The number of H-pyrrole nitrogens is 1. The highest BCUT2D eigenvalue weighted by molar-refractivity contribution is 5.88. The molecule has 2 aliphatic rings. The second-order valence-corrected chi connectivity index (χ2v) is 6.37. The molecule has 1 fully saturated rings. The SMILES string of the molecule is CN1CC(CC#N)CC2c3cccc4[nH]cc(c34)C[C@H]21. The van der Waals surface area contributed by atoms with Crippen molar-refractivity contribution in [2.24, 2.45) is 5.92 Å². The predicted molar refractivity (Wildman–Crippen MR) is 79.5 cm³/mol. The molecule has 1 aliphatic carbocycles. The van der Waals surface area contributed by atoms with Gasteiger partial charge in [0.15, 0.2) is 0 Å². The monoisotopic (exact) mass is 265 g/mol. The normalized spacial score (nSPS) is 29.1. The number of benzene rings is 1. The minimum Gasteiger partial charge on any atom is -0.361 e. The van der Waals surface area contributed by atoms with Crippen molar-refractivity contribution >= 4 is 10.9 Å². The van der Waals surface area contributed by atoms with Crippen LogP contribution in [-0.4, -0.2) is 29.5 Å². The molecule has 0 spiro atoms. The maximum Gasteiger partial charge on any atom is 0.0625 e. The first-order valence-electron chi connectivity index (χ1n) is 7.44. The van der Waals surface area contributed by atoms with Crippen LogP contribution in [-0.2, 0) is 6.42 Å². The highest BCUT2D eigenvalue weighted by Gasteiger charge is 2.39. The van der Waals surface area contributed by atoms with Gasteiger partial charge in [0.05, 0.1) is 6.07 Å². The minimum absolute atomic E-state index is 0.516. The second kappa shape index (κ2) is 4.36. The van der Waals surface area contributed by atoms with Crippen LogP contribution < -0.4 is 0 Å². The smallest absolute Gasteiger partial charge is 0.0625 e. The molecule has 1 aliphatic heterocycles. The molecule has 2 unspecified atom stereocenters. The van der Waals surface area contributed by atoms with Gasteiger partial charge in [-0.3, -0.25) is 0 Å². The van der Waals surface area contributed by atoms with E-state index in [4.69, 9.17) is 5.26 Å². The largest absolute Gasteiger partial charge is 0.361 e. The van der Waals surface area contributed by atoms with Gasteiger partial charge in [0, 0.05) is 42.0 Å². The summed E-state index contributed by atoms with van der Waals surface area (Å²) < 4.78 is 0. The molecule has 3 heteroatoms. The van der Waals surface area contributed by atoms with Crippen molar-refractivity contribution in [1.29, 1.82) is 5.26 Å². The standard InChI is InChI=1S/C17H19N3/c1-20-10-11(5-6-18)7-14-13-3-2-4-15-17(13)12(9-19-15)8-16(14)20/h2-4,9,11,14,16,19H,5,7-8,10H2,1H3/t11?,14?,16-/m1/s1. The lowest BCUT2D eigenvalue weighted by Gasteiger charge is -2.45. The Labute approximate surface area is 119 Å². The molecule has 1 aromatic carbocycles. The number of likely N-dealkylation sites (N-methyl/N-ethyl adjacent to an activating group) is 1. The molecule has 0 radical (unpaired) electrons. The molecule has 1 saturated heterocycles. The lowest BCUT2D eigenvalue weighted by Crippen LogP contribution is -2.47. The van der Waals surface area contributed by atoms with E-state index in [1.54, 1.807) is 0 Å². The van der Waals surface area contributed by atoms with Crippen LogP contribution in [0, 0.1) is 17.2 Å². The number of nitrogens with one attached hydrogen (secondary N) is 1. The number of likely N-dealkylation sites (tertiary alicyclic amines) is 1. The van der Waals surface area contributed by atoms with Crippen LogP contribution >= 0.6 is 0 Å². The third-order valence-corrected chi connectivity index (χ3v) is 5.19. The first-order chi connectivity index (χ1) is 9.78. The number of aromatic nitrogens is 1. The van der Waals surface area contributed by atoms with E-state index >= 15 is 0 Å². The van der Waals surface area contributed by atoms with Gasteiger partial charge in [0.2, 0.25) is 0 Å². The van der Waals surface area contributed by atoms with Crippen LogP contribution in [0.3, 0.4) is 0 Å². The third-order valence-electron chi connectivity index (χ3n) is 5.19. The number of hydrogen-bond donors (Lipinski definition) is 1. The average Bonchev–Trinajstić information content (AvgIpc) is 2.86. The average molecular weight is 265 g/mol. The molecule has 20 heavy (non-hydrogen) atoms. The van der Waals surface area contributed by atoms with Gasteiger partial charge < -0.3 is 9.88 Å². The quantitative estimate of drug-likeness (QED) is 0.861. The minimum atomic E-state index is 0.516. The van der Waals surface area contributed by atoms with Gasteiger partial charge in [-0.15, -0.1) is 0 Å². The summed E-state index contributed by atoms with van der Waals surface area (Å²) in [5.41, 5.74) is 4.22. The Kier molecular flexibility index (Phi) is 2.61. The van der Waals surface area contributed by atoms with Crippen molar-refractivity contribution < 1.29 is 0 Å². The van der Waals surface area contributed by atoms with Gasteiger partial charge in [-0.25, -0.2) is 0 Å². The number of rotatable bonds is 1. The molecule has 2 aromatic rings. The summed E-state index contributed by atoms with van der Waals surface area (Å²) in [4.78, 5) is 5.89. The summed E-state index contributed by atoms with van der Waals surface area (Å²) in [7, 11) is 2.22. The van der Waals surface area contributed by atoms with Crippen LogP contribution in [0.1, 0.15) is 29.9 Å². The topological polar surface area (TPSA) is 42.8 Å². The van der Waals surface area contributed by atoms with Crippen LogP contribution in [0.15, 0.2) is 24.4 Å². The predicted octanol–water partition coefficient (Wildman–Crippen LogP) is 3.04. The van der Waals surface area contributed by atoms with Gasteiger partial charge in [-0.1, -0.05) is 12.1 Å². The Morgan fingerprint density at radius 2 is 2.35 bits per heavy atom. The fourth-order valence-corrected chi connectivity index (χ4v) is 4.33. The molecule has 4 rings (SSSR count). The maximum atomic E-state index is 9.00. The van der Waals surface area contributed by atoms with Gasteiger partial charge in [0.1, 0.15) is 0 Å². The van der Waals surface area contributed by atoms with E-state index in [1.165, 1.54) is 22.0 Å². The van der Waals surface area contributed by atoms with E-state index in [2.05, 4.69) is 47.4 Å². The highest BCUT2D eigenvalue weighted by Crippen LogP contribution is 2.44. The lowest BCUT2D eigenvalue weighted by molar-refractivity contribution is 0.113. The number of nitrogens with zero attached hydrogens (tertiary/aromatic N) is 2. The fourth-order valence-electron chi connectivity index (χ4n) is 4.33. The molecule has 1 N–H and O–H groups in total. The summed E-state index contributed by atoms with van der Waals surface area (Å²) in [5, 5.41) is 10.4. The Morgan fingerprint density at radius 1 is 1.45 bits per heavy atom. The molecule has 0 bridgehead atoms. The van der Waals surface area contributed by atoms with E-state index in [-0.39, 0.29) is 0 Å². The zero-order chi connectivity index (χ0) is 13.7. The van der Waals surface area contributed by atoms with Gasteiger partial charge >= 0.3 is 0 Å². The zero-order valence-corrected chi connectivity index (χ0v) is 11.8. The van der Waals surface area contributed by atoms with Crippen LogP contribution in [0.4, 0.5) is 0 Å². The molecular weight excluding hydrogens is 246 g/mol. The molecule has 2 heterocycles. The van der Waals surface area contributed by atoms with Crippen LogP contribution in [0.2, 0.25) is 0 Å². The van der Waals surface area contributed by atoms with E-state index in [0.717, 1.165) is 19.4 Å². The Morgan fingerprint density at radius 3 is 3.20 bits per heavy atom. The van der Waals surface area contributed by atoms with Crippen molar-refractivity contribution in [1.82, 2.24) is 9.88 Å². The second-order valence-electron chi connectivity index (χ2n) is 6.37. The summed E-state index contributed by atoms with van der Waals surface area (Å²) in [5.74, 6) is 1.10. The first-order valence-corrected chi connectivity index (χ1v) is 7.44. The van der Waals surface area contributed by atoms with Crippen molar-refractivity contribution in [3.8, 4) is 6.07 Å². The molecular formula is C17H19N3. The Bertz CT molecular complexity index is 694. The van der Waals surface area contributed by atoms with Crippen LogP contribution in [0.25, 0.3) is 10.9 Å². The maximum absolute atomic E-state index is 9.00. The van der Waals surface area contributed by atoms with Crippen molar-refractivity contribution in [2.75, 3.05) is 13.6 Å². The van der Waals surface area contributed by atoms with Crippen molar-refractivity contribution in [3.05, 3.63) is 35.5 Å². The van der Waals surface area contributed by atoms with Crippen molar-refractivity contribution in [2.45, 2.75) is 31.2 Å². The van der Waals surface area contributed by atoms with Crippen LogP contribution in [0.5, 0.6) is 0 Å². The van der Waals surface area contributed by atoms with Gasteiger partial charge in [-0.2, -0.15) is 5.26 Å². The lowest BCUT2D eigenvalue weighted by atomic mass is 9.72. The summed E-state index contributed by atoms with van der Waals surface area (Å²) >= 11 is 0. The first kappa shape index (κ1) is 12.0. The zero-order valence-electron chi connectivity index (χ0n) is 11.8. The molecule has 102 valence electrons. The van der Waals surface area contributed by atoms with E-state index < -0.39 is 0 Å². The van der Waals surface area contributed by atoms with E-state index in [1.807, 2.05) is 0 Å². The third kappa shape index (κ3) is 1.61. The highest BCUT2D eigenvalue weighted by atomic mass is 15.1. The Hall–Kier alpha value is -1.79. The van der Waals surface area contributed by atoms with Crippen molar-refractivity contribution in [3.63, 3.8) is 0 Å². The summed E-state index contributed by atoms with van der Waals surface area (Å²) in [6, 6.07) is 9.58. The molecule has 3 nitrogen and oxygen atoms in total. The summed E-state index contributed by atoms with van der Waals surface area (Å²) in [6.07, 6.45) is 5.16. The summed E-state index contributed by atoms with van der Waals surface area (Å²) in [6.45, 7) is 1.06. The fraction of sp³-hybridized carbons (Fsp3) is 0.471. The molecule has 0 amide bonds.